The van der Waals surface area contributed by atoms with Gasteiger partial charge in [-0.1, -0.05) is 25.1 Å². The standard InChI is InChI=1S/C12H16N2O/c1-3-10-6-4-5-7-11(10)15-9-12(2,14)8-13/h4-7H,3,9,14H2,1-2H3. The molecule has 0 bridgehead atoms. The van der Waals surface area contributed by atoms with Gasteiger partial charge in [-0.15, -0.1) is 0 Å². The molecule has 0 saturated carbocycles. The molecular weight excluding hydrogens is 188 g/mol. The minimum absolute atomic E-state index is 0.209. The van der Waals surface area contributed by atoms with Crippen LogP contribution in [0.2, 0.25) is 0 Å². The van der Waals surface area contributed by atoms with Crippen LogP contribution in [0.15, 0.2) is 24.3 Å². The molecule has 0 heterocycles. The molecule has 0 fully saturated rings. The molecule has 0 aromatic heterocycles. The molecule has 0 aliphatic rings. The average molecular weight is 204 g/mol. The number of nitrogens with zero attached hydrogens (tertiary/aromatic N) is 1. The lowest BCUT2D eigenvalue weighted by Gasteiger charge is -2.17. The Bertz CT molecular complexity index is 366. The molecule has 1 unspecified atom stereocenters. The summed E-state index contributed by atoms with van der Waals surface area (Å²) >= 11 is 0. The van der Waals surface area contributed by atoms with E-state index in [1.165, 1.54) is 0 Å². The SMILES string of the molecule is CCc1ccccc1OCC(C)(N)C#N. The number of rotatable bonds is 4. The summed E-state index contributed by atoms with van der Waals surface area (Å²) in [6.45, 7) is 3.93. The van der Waals surface area contributed by atoms with E-state index in [4.69, 9.17) is 15.7 Å². The van der Waals surface area contributed by atoms with Crippen molar-refractivity contribution in [2.75, 3.05) is 6.61 Å². The molecule has 1 atom stereocenters. The van der Waals surface area contributed by atoms with Gasteiger partial charge in [0.2, 0.25) is 0 Å². The molecule has 0 amide bonds. The lowest BCUT2D eigenvalue weighted by atomic mass is 10.1. The predicted molar refractivity (Wildman–Crippen MR) is 59.5 cm³/mol. The minimum atomic E-state index is -0.930. The van der Waals surface area contributed by atoms with Crippen molar-refractivity contribution in [3.05, 3.63) is 29.8 Å². The van der Waals surface area contributed by atoms with Gasteiger partial charge in [0.1, 0.15) is 17.9 Å². The van der Waals surface area contributed by atoms with Crippen molar-refractivity contribution in [2.24, 2.45) is 5.73 Å². The van der Waals surface area contributed by atoms with Crippen LogP contribution in [-0.4, -0.2) is 12.1 Å². The smallest absolute Gasteiger partial charge is 0.135 e. The van der Waals surface area contributed by atoms with Crippen LogP contribution >= 0.6 is 0 Å². The van der Waals surface area contributed by atoms with E-state index in [0.717, 1.165) is 17.7 Å². The summed E-state index contributed by atoms with van der Waals surface area (Å²) in [4.78, 5) is 0. The second-order valence-corrected chi connectivity index (χ2v) is 3.78. The monoisotopic (exact) mass is 204 g/mol. The number of hydrogen-bond donors (Lipinski definition) is 1. The highest BCUT2D eigenvalue weighted by atomic mass is 16.5. The van der Waals surface area contributed by atoms with E-state index in [0.29, 0.717) is 0 Å². The fourth-order valence-corrected chi connectivity index (χ4v) is 1.20. The Kier molecular flexibility index (Phi) is 3.70. The average Bonchev–Trinajstić information content (AvgIpc) is 2.27. The van der Waals surface area contributed by atoms with Gasteiger partial charge in [-0.3, -0.25) is 0 Å². The molecule has 0 aliphatic carbocycles. The van der Waals surface area contributed by atoms with Crippen LogP contribution in [0.4, 0.5) is 0 Å². The molecule has 3 heteroatoms. The van der Waals surface area contributed by atoms with Crippen molar-refractivity contribution in [1.29, 1.82) is 5.26 Å². The third kappa shape index (κ3) is 3.26. The van der Waals surface area contributed by atoms with Crippen molar-refractivity contribution < 1.29 is 4.74 Å². The van der Waals surface area contributed by atoms with Crippen LogP contribution in [0.5, 0.6) is 5.75 Å². The van der Waals surface area contributed by atoms with Crippen LogP contribution < -0.4 is 10.5 Å². The van der Waals surface area contributed by atoms with E-state index in [1.807, 2.05) is 30.3 Å². The Labute approximate surface area is 90.5 Å². The molecule has 15 heavy (non-hydrogen) atoms. The second-order valence-electron chi connectivity index (χ2n) is 3.78. The fourth-order valence-electron chi connectivity index (χ4n) is 1.20. The summed E-state index contributed by atoms with van der Waals surface area (Å²) in [5.74, 6) is 0.812. The van der Waals surface area contributed by atoms with Crippen LogP contribution in [0.3, 0.4) is 0 Å². The lowest BCUT2D eigenvalue weighted by molar-refractivity contribution is 0.262. The van der Waals surface area contributed by atoms with Crippen molar-refractivity contribution in [3.8, 4) is 11.8 Å². The predicted octanol–water partition coefficient (Wildman–Crippen LogP) is 1.87. The summed E-state index contributed by atoms with van der Waals surface area (Å²) in [6.07, 6.45) is 0.907. The maximum absolute atomic E-state index is 8.74. The molecule has 1 rings (SSSR count). The Balaban J connectivity index is 2.70. The Morgan fingerprint density at radius 1 is 1.47 bits per heavy atom. The third-order valence-electron chi connectivity index (χ3n) is 2.14. The van der Waals surface area contributed by atoms with Crippen LogP contribution in [0.1, 0.15) is 19.4 Å². The first-order valence-corrected chi connectivity index (χ1v) is 5.00. The number of benzene rings is 1. The van der Waals surface area contributed by atoms with Gasteiger partial charge >= 0.3 is 0 Å². The summed E-state index contributed by atoms with van der Waals surface area (Å²) < 4.78 is 5.54. The first kappa shape index (κ1) is 11.5. The zero-order valence-corrected chi connectivity index (χ0v) is 9.16. The lowest BCUT2D eigenvalue weighted by Crippen LogP contribution is -2.40. The van der Waals surface area contributed by atoms with Crippen molar-refractivity contribution in [1.82, 2.24) is 0 Å². The van der Waals surface area contributed by atoms with E-state index < -0.39 is 5.54 Å². The number of nitriles is 1. The van der Waals surface area contributed by atoms with E-state index in [9.17, 15) is 0 Å². The van der Waals surface area contributed by atoms with Gasteiger partial charge in [0.15, 0.2) is 0 Å². The first-order valence-electron chi connectivity index (χ1n) is 5.00. The Morgan fingerprint density at radius 3 is 2.73 bits per heavy atom. The normalized spacial score (nSPS) is 14.0. The molecule has 0 radical (unpaired) electrons. The van der Waals surface area contributed by atoms with Gasteiger partial charge in [-0.05, 0) is 25.0 Å². The summed E-state index contributed by atoms with van der Waals surface area (Å²) in [6, 6.07) is 9.79. The van der Waals surface area contributed by atoms with Crippen LogP contribution in [0, 0.1) is 11.3 Å². The molecule has 3 nitrogen and oxygen atoms in total. The maximum Gasteiger partial charge on any atom is 0.135 e. The van der Waals surface area contributed by atoms with E-state index in [2.05, 4.69) is 6.92 Å². The topological polar surface area (TPSA) is 59.0 Å². The zero-order valence-electron chi connectivity index (χ0n) is 9.16. The zero-order chi connectivity index (χ0) is 11.3. The van der Waals surface area contributed by atoms with Crippen molar-refractivity contribution >= 4 is 0 Å². The Morgan fingerprint density at radius 2 is 2.13 bits per heavy atom. The minimum Gasteiger partial charge on any atom is -0.490 e. The van der Waals surface area contributed by atoms with Gasteiger partial charge in [0.25, 0.3) is 0 Å². The number of aryl methyl sites for hydroxylation is 1. The van der Waals surface area contributed by atoms with E-state index >= 15 is 0 Å². The molecule has 0 aliphatic heterocycles. The molecule has 1 aromatic rings. The Hall–Kier alpha value is -1.53. The van der Waals surface area contributed by atoms with Gasteiger partial charge in [0, 0.05) is 0 Å². The van der Waals surface area contributed by atoms with Crippen molar-refractivity contribution in [3.63, 3.8) is 0 Å². The molecule has 0 saturated heterocycles. The van der Waals surface area contributed by atoms with Gasteiger partial charge in [0.05, 0.1) is 6.07 Å². The molecular formula is C12H16N2O. The fraction of sp³-hybridized carbons (Fsp3) is 0.417. The van der Waals surface area contributed by atoms with E-state index in [1.54, 1.807) is 6.92 Å². The number of para-hydroxylation sites is 1. The van der Waals surface area contributed by atoms with E-state index in [-0.39, 0.29) is 6.61 Å². The largest absolute Gasteiger partial charge is 0.490 e. The molecule has 2 N–H and O–H groups in total. The number of hydrogen-bond acceptors (Lipinski definition) is 3. The van der Waals surface area contributed by atoms with Crippen LogP contribution in [-0.2, 0) is 6.42 Å². The third-order valence-corrected chi connectivity index (χ3v) is 2.14. The summed E-state index contributed by atoms with van der Waals surface area (Å²) in [5, 5.41) is 8.74. The number of ether oxygens (including phenoxy) is 1. The quantitative estimate of drug-likeness (QED) is 0.814. The number of nitrogens with two attached hydrogens (primary N) is 1. The second kappa shape index (κ2) is 4.81. The highest BCUT2D eigenvalue weighted by molar-refractivity contribution is 5.33. The summed E-state index contributed by atoms with van der Waals surface area (Å²) in [5.41, 5.74) is 5.87. The van der Waals surface area contributed by atoms with Gasteiger partial charge in [-0.2, -0.15) is 5.26 Å². The molecule has 0 spiro atoms. The van der Waals surface area contributed by atoms with Gasteiger partial charge in [-0.25, -0.2) is 0 Å². The summed E-state index contributed by atoms with van der Waals surface area (Å²) in [7, 11) is 0. The van der Waals surface area contributed by atoms with Crippen LogP contribution in [0.25, 0.3) is 0 Å². The maximum atomic E-state index is 8.74. The molecule has 1 aromatic carbocycles. The molecule has 80 valence electrons. The first-order chi connectivity index (χ1) is 7.09. The highest BCUT2D eigenvalue weighted by Gasteiger charge is 2.18. The highest BCUT2D eigenvalue weighted by Crippen LogP contribution is 2.19. The van der Waals surface area contributed by atoms with Gasteiger partial charge < -0.3 is 10.5 Å². The van der Waals surface area contributed by atoms with Crippen molar-refractivity contribution in [2.45, 2.75) is 25.8 Å².